The van der Waals surface area contributed by atoms with Crippen molar-refractivity contribution in [3.8, 4) is 0 Å². The molecule has 0 aromatic carbocycles. The van der Waals surface area contributed by atoms with Crippen molar-refractivity contribution in [3.63, 3.8) is 0 Å². The first-order valence-electron chi connectivity index (χ1n) is 22.1. The number of carbonyl (C=O) groups is 3. The predicted octanol–water partition coefficient (Wildman–Crippen LogP) is 13.7. The van der Waals surface area contributed by atoms with E-state index < -0.39 is 5.97 Å². The zero-order chi connectivity index (χ0) is 38.0. The van der Waals surface area contributed by atoms with Crippen LogP contribution in [0.15, 0.2) is 36.5 Å². The topological polar surface area (TPSA) is 92.7 Å². The van der Waals surface area contributed by atoms with E-state index in [0.717, 1.165) is 83.5 Å². The third-order valence-corrected chi connectivity index (χ3v) is 9.78. The number of amides is 1. The van der Waals surface area contributed by atoms with Gasteiger partial charge >= 0.3 is 11.9 Å². The van der Waals surface area contributed by atoms with E-state index in [1.54, 1.807) is 0 Å². The van der Waals surface area contributed by atoms with Crippen LogP contribution in [0.4, 0.5) is 0 Å². The number of ether oxygens (including phenoxy) is 1. The van der Waals surface area contributed by atoms with E-state index in [0.29, 0.717) is 12.8 Å². The number of esters is 1. The van der Waals surface area contributed by atoms with Crippen molar-refractivity contribution in [1.29, 1.82) is 0 Å². The monoisotopic (exact) mass is 730 g/mol. The highest BCUT2D eigenvalue weighted by Crippen LogP contribution is 2.18. The average Bonchev–Trinajstić information content (AvgIpc) is 3.13. The molecule has 0 radical (unpaired) electrons. The molecule has 0 saturated heterocycles. The summed E-state index contributed by atoms with van der Waals surface area (Å²) in [6.07, 6.45) is 51.2. The number of allylic oxidation sites excluding steroid dienone is 6. The minimum Gasteiger partial charge on any atom is -0.480 e. The van der Waals surface area contributed by atoms with Gasteiger partial charge in [-0.1, -0.05) is 153 Å². The van der Waals surface area contributed by atoms with Gasteiger partial charge in [0.05, 0.1) is 0 Å². The number of unbranched alkanes of at least 4 members (excludes halogenated alkanes) is 23. The maximum atomic E-state index is 12.8. The maximum absolute atomic E-state index is 12.8. The van der Waals surface area contributed by atoms with Gasteiger partial charge in [0, 0.05) is 12.8 Å². The third-order valence-electron chi connectivity index (χ3n) is 9.78. The fraction of sp³-hybridized carbons (Fsp3) is 0.804. The SMILES string of the molecule is CCCCC/C=C\C/C=C\CCCCCCCC(=O)OC(CCCCC/C=C\CCCCCCCCCC)CCCCCCCC(=O)NCC(=O)O. The minimum absolute atomic E-state index is 0.00443. The quantitative estimate of drug-likeness (QED) is 0.0372. The summed E-state index contributed by atoms with van der Waals surface area (Å²) < 4.78 is 6.03. The second-order valence-electron chi connectivity index (χ2n) is 14.9. The molecule has 1 amide bonds. The van der Waals surface area contributed by atoms with Gasteiger partial charge < -0.3 is 15.2 Å². The lowest BCUT2D eigenvalue weighted by molar-refractivity contribution is -0.150. The summed E-state index contributed by atoms with van der Waals surface area (Å²) >= 11 is 0. The molecule has 0 aliphatic carbocycles. The van der Waals surface area contributed by atoms with Crippen LogP contribution >= 0.6 is 0 Å². The summed E-state index contributed by atoms with van der Waals surface area (Å²) in [5.41, 5.74) is 0. The second kappa shape index (κ2) is 41.4. The first-order chi connectivity index (χ1) is 25.5. The summed E-state index contributed by atoms with van der Waals surface area (Å²) in [5.74, 6) is -1.25. The van der Waals surface area contributed by atoms with Crippen LogP contribution in [0.2, 0.25) is 0 Å². The largest absolute Gasteiger partial charge is 0.480 e. The molecule has 0 aliphatic rings. The zero-order valence-electron chi connectivity index (χ0n) is 34.2. The first-order valence-corrected chi connectivity index (χ1v) is 22.1. The van der Waals surface area contributed by atoms with E-state index in [4.69, 9.17) is 9.84 Å². The number of carboxylic acid groups (broad SMARTS) is 1. The van der Waals surface area contributed by atoms with Gasteiger partial charge in [-0.15, -0.1) is 0 Å². The molecule has 0 aromatic rings. The predicted molar refractivity (Wildman–Crippen MR) is 222 cm³/mol. The molecule has 0 saturated carbocycles. The number of rotatable bonds is 40. The zero-order valence-corrected chi connectivity index (χ0v) is 34.2. The summed E-state index contributed by atoms with van der Waals surface area (Å²) in [7, 11) is 0. The van der Waals surface area contributed by atoms with Gasteiger partial charge in [0.2, 0.25) is 5.91 Å². The number of carboxylic acids is 1. The van der Waals surface area contributed by atoms with E-state index in [9.17, 15) is 14.4 Å². The van der Waals surface area contributed by atoms with E-state index in [1.807, 2.05) is 0 Å². The van der Waals surface area contributed by atoms with Crippen LogP contribution in [-0.2, 0) is 19.1 Å². The molecule has 0 aliphatic heterocycles. The molecule has 0 bridgehead atoms. The van der Waals surface area contributed by atoms with E-state index >= 15 is 0 Å². The normalized spacial score (nSPS) is 12.3. The third kappa shape index (κ3) is 40.4. The molecule has 302 valence electrons. The number of hydrogen-bond acceptors (Lipinski definition) is 4. The molecule has 0 spiro atoms. The summed E-state index contributed by atoms with van der Waals surface area (Å²) in [6.45, 7) is 4.20. The summed E-state index contributed by atoms with van der Waals surface area (Å²) in [6, 6.07) is 0. The smallest absolute Gasteiger partial charge is 0.322 e. The molecular formula is C46H83NO5. The molecule has 2 N–H and O–H groups in total. The molecule has 1 unspecified atom stereocenters. The first kappa shape index (κ1) is 49.6. The van der Waals surface area contributed by atoms with Gasteiger partial charge in [-0.05, 0) is 96.3 Å². The standard InChI is InChI=1S/C46H83NO5/c1-3-5-7-9-11-13-15-17-19-21-23-25-27-30-34-38-43(39-35-31-29-32-36-40-44(48)47-42-45(49)50)52-46(51)41-37-33-28-26-24-22-20-18-16-14-12-10-8-6-4-2/h12,14,18,20-21,23,43H,3-11,13,15-17,19,22,24-42H2,1-2H3,(H,47,48)(H,49,50)/b14-12-,20-18-,23-21-. The van der Waals surface area contributed by atoms with Gasteiger partial charge in [0.1, 0.15) is 12.6 Å². The van der Waals surface area contributed by atoms with Crippen molar-refractivity contribution in [1.82, 2.24) is 5.32 Å². The lowest BCUT2D eigenvalue weighted by atomic mass is 10.0. The van der Waals surface area contributed by atoms with Crippen LogP contribution in [0.3, 0.4) is 0 Å². The fourth-order valence-corrected chi connectivity index (χ4v) is 6.48. The van der Waals surface area contributed by atoms with Crippen LogP contribution in [0.5, 0.6) is 0 Å². The van der Waals surface area contributed by atoms with Crippen molar-refractivity contribution >= 4 is 17.8 Å². The Morgan fingerprint density at radius 1 is 0.500 bits per heavy atom. The van der Waals surface area contributed by atoms with Gasteiger partial charge in [-0.2, -0.15) is 0 Å². The number of nitrogens with one attached hydrogen (secondary N) is 1. The molecule has 0 aromatic heterocycles. The van der Waals surface area contributed by atoms with Gasteiger partial charge in [-0.25, -0.2) is 0 Å². The Hall–Kier alpha value is -2.37. The Balaban J connectivity index is 4.23. The van der Waals surface area contributed by atoms with Crippen molar-refractivity contribution in [3.05, 3.63) is 36.5 Å². The highest BCUT2D eigenvalue weighted by molar-refractivity contribution is 5.80. The lowest BCUT2D eigenvalue weighted by Gasteiger charge is -2.18. The maximum Gasteiger partial charge on any atom is 0.322 e. The fourth-order valence-electron chi connectivity index (χ4n) is 6.48. The second-order valence-corrected chi connectivity index (χ2v) is 14.9. The minimum atomic E-state index is -1.02. The number of aliphatic carboxylic acids is 1. The van der Waals surface area contributed by atoms with Crippen LogP contribution in [0, 0.1) is 0 Å². The Kier molecular flexibility index (Phi) is 39.5. The van der Waals surface area contributed by atoms with Crippen LogP contribution in [-0.4, -0.2) is 35.6 Å². The van der Waals surface area contributed by atoms with Crippen LogP contribution < -0.4 is 5.32 Å². The Labute approximate surface area is 321 Å². The molecule has 0 heterocycles. The molecule has 0 rings (SSSR count). The van der Waals surface area contributed by atoms with Crippen LogP contribution in [0.1, 0.15) is 226 Å². The van der Waals surface area contributed by atoms with Crippen molar-refractivity contribution in [2.75, 3.05) is 6.54 Å². The average molecular weight is 730 g/mol. The van der Waals surface area contributed by atoms with E-state index in [1.165, 1.54) is 116 Å². The molecule has 6 nitrogen and oxygen atoms in total. The molecule has 1 atom stereocenters. The molecular weight excluding hydrogens is 647 g/mol. The van der Waals surface area contributed by atoms with Gasteiger partial charge in [-0.3, -0.25) is 14.4 Å². The Morgan fingerprint density at radius 2 is 0.885 bits per heavy atom. The van der Waals surface area contributed by atoms with Crippen molar-refractivity contribution in [2.24, 2.45) is 0 Å². The summed E-state index contributed by atoms with van der Waals surface area (Å²) in [5, 5.41) is 11.1. The Morgan fingerprint density at radius 3 is 1.40 bits per heavy atom. The van der Waals surface area contributed by atoms with Gasteiger partial charge in [0.25, 0.3) is 0 Å². The molecule has 52 heavy (non-hydrogen) atoms. The van der Waals surface area contributed by atoms with Crippen molar-refractivity contribution < 1.29 is 24.2 Å². The highest BCUT2D eigenvalue weighted by Gasteiger charge is 2.14. The Bertz CT molecular complexity index is 895. The number of carbonyl (C=O) groups excluding carboxylic acids is 2. The van der Waals surface area contributed by atoms with Gasteiger partial charge in [0.15, 0.2) is 0 Å². The lowest BCUT2D eigenvalue weighted by Crippen LogP contribution is -2.28. The molecule has 0 fully saturated rings. The highest BCUT2D eigenvalue weighted by atomic mass is 16.5. The van der Waals surface area contributed by atoms with Crippen LogP contribution in [0.25, 0.3) is 0 Å². The number of hydrogen-bond donors (Lipinski definition) is 2. The van der Waals surface area contributed by atoms with E-state index in [2.05, 4.69) is 55.6 Å². The summed E-state index contributed by atoms with van der Waals surface area (Å²) in [4.78, 5) is 35.1. The van der Waals surface area contributed by atoms with Crippen molar-refractivity contribution in [2.45, 2.75) is 232 Å². The van der Waals surface area contributed by atoms with E-state index in [-0.39, 0.29) is 24.5 Å². The molecule has 6 heteroatoms.